The zero-order chi connectivity index (χ0) is 19.0. The largest absolute Gasteiger partial charge is 0.444 e. The molecule has 0 bridgehead atoms. The van der Waals surface area contributed by atoms with Gasteiger partial charge in [-0.1, -0.05) is 12.1 Å². The highest BCUT2D eigenvalue weighted by atomic mass is 16.6. The number of benzene rings is 1. The van der Waals surface area contributed by atoms with Gasteiger partial charge in [0.15, 0.2) is 0 Å². The number of amides is 1. The molecule has 3 heterocycles. The Kier molecular flexibility index (Phi) is 4.30. The van der Waals surface area contributed by atoms with E-state index in [-0.39, 0.29) is 6.09 Å². The fraction of sp³-hybridized carbons (Fsp3) is 0.318. The van der Waals surface area contributed by atoms with Crippen molar-refractivity contribution in [3.05, 3.63) is 60.0 Å². The first-order chi connectivity index (χ1) is 12.9. The normalized spacial score (nSPS) is 14.1. The molecule has 0 atom stereocenters. The zero-order valence-corrected chi connectivity index (χ0v) is 15.9. The van der Waals surface area contributed by atoms with Crippen molar-refractivity contribution in [2.75, 3.05) is 6.54 Å². The predicted octanol–water partition coefficient (Wildman–Crippen LogP) is 4.59. The molecule has 0 N–H and O–H groups in total. The molecule has 1 amide bonds. The number of rotatable bonds is 1. The Balaban J connectivity index is 1.66. The van der Waals surface area contributed by atoms with Crippen LogP contribution >= 0.6 is 0 Å². The third-order valence-corrected chi connectivity index (χ3v) is 4.73. The molecule has 1 aliphatic heterocycles. The van der Waals surface area contributed by atoms with E-state index in [1.54, 1.807) is 17.3 Å². The topological polar surface area (TPSA) is 55.3 Å². The Bertz CT molecular complexity index is 1000. The lowest BCUT2D eigenvalue weighted by molar-refractivity contribution is 0.0224. The second-order valence-corrected chi connectivity index (χ2v) is 7.89. The first kappa shape index (κ1) is 17.5. The quantitative estimate of drug-likeness (QED) is 0.636. The van der Waals surface area contributed by atoms with Gasteiger partial charge in [0.05, 0.1) is 11.7 Å². The van der Waals surface area contributed by atoms with Gasteiger partial charge in [-0.25, -0.2) is 4.79 Å². The van der Waals surface area contributed by atoms with Crippen LogP contribution in [-0.4, -0.2) is 33.1 Å². The SMILES string of the molecule is CC(C)(C)OC(=O)N1CCc2ccc(-c3ccnc4cnccc34)cc2C1. The lowest BCUT2D eigenvalue weighted by Gasteiger charge is -2.31. The molecule has 2 aromatic heterocycles. The fourth-order valence-corrected chi connectivity index (χ4v) is 3.46. The minimum atomic E-state index is -0.483. The van der Waals surface area contributed by atoms with Gasteiger partial charge < -0.3 is 9.64 Å². The van der Waals surface area contributed by atoms with Gasteiger partial charge in [0.1, 0.15) is 5.60 Å². The molecule has 27 heavy (non-hydrogen) atoms. The molecule has 0 fully saturated rings. The molecule has 0 radical (unpaired) electrons. The third kappa shape index (κ3) is 3.63. The Morgan fingerprint density at radius 1 is 1.11 bits per heavy atom. The highest BCUT2D eigenvalue weighted by Gasteiger charge is 2.25. The van der Waals surface area contributed by atoms with Crippen LogP contribution in [0.4, 0.5) is 4.79 Å². The number of ether oxygens (including phenoxy) is 1. The van der Waals surface area contributed by atoms with E-state index < -0.39 is 5.60 Å². The molecule has 4 rings (SSSR count). The summed E-state index contributed by atoms with van der Waals surface area (Å²) in [4.78, 5) is 22.8. The number of fused-ring (bicyclic) bond motifs is 2. The Labute approximate surface area is 159 Å². The number of nitrogens with zero attached hydrogens (tertiary/aromatic N) is 3. The van der Waals surface area contributed by atoms with Crippen molar-refractivity contribution in [3.8, 4) is 11.1 Å². The van der Waals surface area contributed by atoms with E-state index in [0.29, 0.717) is 13.1 Å². The van der Waals surface area contributed by atoms with Crippen LogP contribution in [0.15, 0.2) is 48.9 Å². The number of carbonyl (C=O) groups excluding carboxylic acids is 1. The summed E-state index contributed by atoms with van der Waals surface area (Å²) in [6, 6.07) is 10.5. The lowest BCUT2D eigenvalue weighted by atomic mass is 9.94. The predicted molar refractivity (Wildman–Crippen MR) is 105 cm³/mol. The lowest BCUT2D eigenvalue weighted by Crippen LogP contribution is -2.39. The molecule has 0 saturated carbocycles. The number of hydrogen-bond acceptors (Lipinski definition) is 4. The Morgan fingerprint density at radius 3 is 2.78 bits per heavy atom. The van der Waals surface area contributed by atoms with Crippen molar-refractivity contribution in [2.45, 2.75) is 39.3 Å². The maximum absolute atomic E-state index is 12.4. The summed E-state index contributed by atoms with van der Waals surface area (Å²) in [5, 5.41) is 1.08. The molecule has 0 saturated heterocycles. The van der Waals surface area contributed by atoms with Crippen molar-refractivity contribution < 1.29 is 9.53 Å². The summed E-state index contributed by atoms with van der Waals surface area (Å²) in [6.45, 7) is 6.94. The Morgan fingerprint density at radius 2 is 1.96 bits per heavy atom. The summed E-state index contributed by atoms with van der Waals surface area (Å²) in [7, 11) is 0. The highest BCUT2D eigenvalue weighted by molar-refractivity contribution is 5.93. The smallest absolute Gasteiger partial charge is 0.410 e. The minimum Gasteiger partial charge on any atom is -0.444 e. The van der Waals surface area contributed by atoms with Crippen molar-refractivity contribution in [2.24, 2.45) is 0 Å². The van der Waals surface area contributed by atoms with Crippen molar-refractivity contribution in [1.82, 2.24) is 14.9 Å². The number of aromatic nitrogens is 2. The summed E-state index contributed by atoms with van der Waals surface area (Å²) >= 11 is 0. The average molecular weight is 361 g/mol. The molecule has 1 aromatic carbocycles. The van der Waals surface area contributed by atoms with E-state index in [4.69, 9.17) is 4.74 Å². The molecule has 0 unspecified atom stereocenters. The summed E-state index contributed by atoms with van der Waals surface area (Å²) < 4.78 is 5.54. The van der Waals surface area contributed by atoms with Gasteiger partial charge in [-0.05, 0) is 67.6 Å². The van der Waals surface area contributed by atoms with Gasteiger partial charge in [-0.3, -0.25) is 9.97 Å². The van der Waals surface area contributed by atoms with Gasteiger partial charge in [0.2, 0.25) is 0 Å². The molecule has 5 heteroatoms. The molecule has 0 spiro atoms. The summed E-state index contributed by atoms with van der Waals surface area (Å²) in [5.41, 5.74) is 5.10. The first-order valence-corrected chi connectivity index (χ1v) is 9.19. The van der Waals surface area contributed by atoms with Gasteiger partial charge in [0, 0.05) is 30.9 Å². The average Bonchev–Trinajstić information content (AvgIpc) is 2.65. The molecular formula is C22H23N3O2. The summed E-state index contributed by atoms with van der Waals surface area (Å²) in [6.07, 6.45) is 5.97. The molecule has 3 aromatic rings. The second-order valence-electron chi connectivity index (χ2n) is 7.89. The van der Waals surface area contributed by atoms with Crippen LogP contribution in [0.3, 0.4) is 0 Å². The Hall–Kier alpha value is -2.95. The number of hydrogen-bond donors (Lipinski definition) is 0. The van der Waals surface area contributed by atoms with Gasteiger partial charge in [-0.2, -0.15) is 0 Å². The standard InChI is InChI=1S/C22H23N3O2/c1-22(2,3)27-21(26)25-11-8-15-4-5-16(12-17(15)14-25)18-7-10-24-20-13-23-9-6-19(18)20/h4-7,9-10,12-13H,8,11,14H2,1-3H3. The van der Waals surface area contributed by atoms with E-state index >= 15 is 0 Å². The molecule has 0 aliphatic carbocycles. The maximum Gasteiger partial charge on any atom is 0.410 e. The van der Waals surface area contributed by atoms with Crippen molar-refractivity contribution in [1.29, 1.82) is 0 Å². The van der Waals surface area contributed by atoms with E-state index in [1.165, 1.54) is 11.1 Å². The van der Waals surface area contributed by atoms with Crippen LogP contribution in [0, 0.1) is 0 Å². The van der Waals surface area contributed by atoms with Gasteiger partial charge in [0.25, 0.3) is 0 Å². The van der Waals surface area contributed by atoms with E-state index in [1.807, 2.05) is 39.1 Å². The van der Waals surface area contributed by atoms with Crippen LogP contribution in [0.5, 0.6) is 0 Å². The van der Waals surface area contributed by atoms with Crippen molar-refractivity contribution >= 4 is 17.0 Å². The third-order valence-electron chi connectivity index (χ3n) is 4.73. The zero-order valence-electron chi connectivity index (χ0n) is 15.9. The van der Waals surface area contributed by atoms with Crippen LogP contribution in [0.25, 0.3) is 22.0 Å². The van der Waals surface area contributed by atoms with Gasteiger partial charge >= 0.3 is 6.09 Å². The van der Waals surface area contributed by atoms with E-state index in [2.05, 4.69) is 28.2 Å². The van der Waals surface area contributed by atoms with E-state index in [0.717, 1.165) is 28.5 Å². The van der Waals surface area contributed by atoms with Crippen LogP contribution in [0.1, 0.15) is 31.9 Å². The first-order valence-electron chi connectivity index (χ1n) is 9.19. The highest BCUT2D eigenvalue weighted by Crippen LogP contribution is 2.30. The van der Waals surface area contributed by atoms with Gasteiger partial charge in [-0.15, -0.1) is 0 Å². The van der Waals surface area contributed by atoms with E-state index in [9.17, 15) is 4.79 Å². The minimum absolute atomic E-state index is 0.251. The fourth-order valence-electron chi connectivity index (χ4n) is 3.46. The molecular weight excluding hydrogens is 338 g/mol. The number of carbonyl (C=O) groups is 1. The second kappa shape index (κ2) is 6.65. The molecule has 5 nitrogen and oxygen atoms in total. The molecule has 138 valence electrons. The van der Waals surface area contributed by atoms with Crippen LogP contribution < -0.4 is 0 Å². The maximum atomic E-state index is 12.4. The molecule has 1 aliphatic rings. The van der Waals surface area contributed by atoms with Crippen LogP contribution in [0.2, 0.25) is 0 Å². The summed E-state index contributed by atoms with van der Waals surface area (Å²) in [5.74, 6) is 0. The van der Waals surface area contributed by atoms with Crippen molar-refractivity contribution in [3.63, 3.8) is 0 Å². The van der Waals surface area contributed by atoms with Crippen LogP contribution in [-0.2, 0) is 17.7 Å². The number of pyridine rings is 2. The monoisotopic (exact) mass is 361 g/mol.